The third-order valence-corrected chi connectivity index (χ3v) is 4.85. The molecule has 94 valence electrons. The summed E-state index contributed by atoms with van der Waals surface area (Å²) in [4.78, 5) is 10.9. The molecule has 4 nitrogen and oxygen atoms in total. The van der Waals surface area contributed by atoms with Gasteiger partial charge in [0.2, 0.25) is 0 Å². The number of nitrogens with two attached hydrogens (primary N) is 1. The van der Waals surface area contributed by atoms with Crippen molar-refractivity contribution < 1.29 is 15.0 Å². The Morgan fingerprint density at radius 3 is 2.50 bits per heavy atom. The molecule has 1 aliphatic carbocycles. The van der Waals surface area contributed by atoms with Crippen LogP contribution in [0.4, 0.5) is 0 Å². The lowest BCUT2D eigenvalue weighted by Crippen LogP contribution is -2.48. The fraction of sp³-hybridized carbons (Fsp3) is 0.909. The number of hydrogen-bond donors (Lipinski definition) is 3. The van der Waals surface area contributed by atoms with E-state index in [2.05, 4.69) is 0 Å². The van der Waals surface area contributed by atoms with Gasteiger partial charge in [-0.3, -0.25) is 4.79 Å². The molecule has 1 aliphatic rings. The van der Waals surface area contributed by atoms with E-state index >= 15 is 0 Å². The first-order valence-electron chi connectivity index (χ1n) is 5.69. The molecule has 0 aliphatic heterocycles. The summed E-state index contributed by atoms with van der Waals surface area (Å²) >= 11 is 1.51. The highest BCUT2D eigenvalue weighted by atomic mass is 32.2. The summed E-state index contributed by atoms with van der Waals surface area (Å²) in [6, 6.07) is -0.897. The van der Waals surface area contributed by atoms with Gasteiger partial charge in [-0.25, -0.2) is 0 Å². The van der Waals surface area contributed by atoms with Gasteiger partial charge in [0.1, 0.15) is 6.04 Å². The fourth-order valence-corrected chi connectivity index (χ4v) is 3.58. The second-order valence-corrected chi connectivity index (χ2v) is 6.82. The van der Waals surface area contributed by atoms with E-state index in [0.717, 1.165) is 25.7 Å². The topological polar surface area (TPSA) is 83.5 Å². The van der Waals surface area contributed by atoms with Crippen molar-refractivity contribution in [2.45, 2.75) is 61.7 Å². The van der Waals surface area contributed by atoms with Gasteiger partial charge >= 0.3 is 5.97 Å². The number of aliphatic hydroxyl groups excluding tert-OH is 1. The Morgan fingerprint density at radius 2 is 2.00 bits per heavy atom. The average Bonchev–Trinajstić information content (AvgIpc) is 2.20. The molecule has 0 aromatic rings. The number of carbonyl (C=O) groups is 1. The fourth-order valence-electron chi connectivity index (χ4n) is 1.98. The van der Waals surface area contributed by atoms with Crippen molar-refractivity contribution in [3.63, 3.8) is 0 Å². The third-order valence-electron chi connectivity index (χ3n) is 3.14. The summed E-state index contributed by atoms with van der Waals surface area (Å²) < 4.78 is -0.547. The lowest BCUT2D eigenvalue weighted by molar-refractivity contribution is -0.139. The molecule has 0 amide bonds. The van der Waals surface area contributed by atoms with E-state index in [9.17, 15) is 9.90 Å². The van der Waals surface area contributed by atoms with Crippen molar-refractivity contribution in [2.24, 2.45) is 5.73 Å². The van der Waals surface area contributed by atoms with E-state index in [0.29, 0.717) is 0 Å². The average molecular weight is 247 g/mol. The van der Waals surface area contributed by atoms with Gasteiger partial charge in [-0.1, -0.05) is 12.8 Å². The van der Waals surface area contributed by atoms with Gasteiger partial charge in [-0.05, 0) is 26.7 Å². The Bertz CT molecular complexity index is 258. The van der Waals surface area contributed by atoms with Crippen LogP contribution in [0.1, 0.15) is 39.5 Å². The molecule has 0 spiro atoms. The summed E-state index contributed by atoms with van der Waals surface area (Å²) in [6.07, 6.45) is 3.60. The van der Waals surface area contributed by atoms with Crippen LogP contribution < -0.4 is 5.73 Å². The Balaban J connectivity index is 2.60. The summed E-state index contributed by atoms with van der Waals surface area (Å²) in [5.41, 5.74) is 5.65. The normalized spacial score (nSPS) is 28.8. The van der Waals surface area contributed by atoms with Crippen LogP contribution in [0, 0.1) is 0 Å². The van der Waals surface area contributed by atoms with Crippen molar-refractivity contribution in [1.82, 2.24) is 0 Å². The largest absolute Gasteiger partial charge is 0.480 e. The highest BCUT2D eigenvalue weighted by Crippen LogP contribution is 2.38. The summed E-state index contributed by atoms with van der Waals surface area (Å²) in [5, 5.41) is 18.9. The van der Waals surface area contributed by atoms with Crippen molar-refractivity contribution in [2.75, 3.05) is 0 Å². The maximum absolute atomic E-state index is 10.9. The zero-order valence-corrected chi connectivity index (χ0v) is 10.7. The number of rotatable bonds is 4. The molecule has 1 rings (SSSR count). The highest BCUT2D eigenvalue weighted by Gasteiger charge is 2.37. The zero-order chi connectivity index (χ0) is 12.3. The predicted molar refractivity (Wildman–Crippen MR) is 65.5 cm³/mol. The number of aliphatic carboxylic acids is 1. The van der Waals surface area contributed by atoms with Crippen LogP contribution in [0.15, 0.2) is 0 Å². The molecule has 0 saturated heterocycles. The van der Waals surface area contributed by atoms with Crippen molar-refractivity contribution in [3.8, 4) is 0 Å². The van der Waals surface area contributed by atoms with Gasteiger partial charge in [0.05, 0.1) is 6.10 Å². The van der Waals surface area contributed by atoms with Crippen LogP contribution in [0.3, 0.4) is 0 Å². The molecule has 16 heavy (non-hydrogen) atoms. The number of hydrogen-bond acceptors (Lipinski definition) is 4. The Kier molecular flexibility index (Phi) is 4.64. The Hall–Kier alpha value is -0.260. The van der Waals surface area contributed by atoms with Crippen LogP contribution in [0.2, 0.25) is 0 Å². The lowest BCUT2D eigenvalue weighted by Gasteiger charge is -2.36. The van der Waals surface area contributed by atoms with Crippen molar-refractivity contribution in [3.05, 3.63) is 0 Å². The first-order valence-corrected chi connectivity index (χ1v) is 6.57. The Labute approximate surface area is 101 Å². The second kappa shape index (κ2) is 5.38. The van der Waals surface area contributed by atoms with Gasteiger partial charge in [-0.2, -0.15) is 0 Å². The minimum Gasteiger partial charge on any atom is -0.480 e. The van der Waals surface area contributed by atoms with Gasteiger partial charge in [0.25, 0.3) is 0 Å². The van der Waals surface area contributed by atoms with Crippen LogP contribution in [0.5, 0.6) is 0 Å². The molecule has 1 saturated carbocycles. The minimum atomic E-state index is -0.984. The monoisotopic (exact) mass is 247 g/mol. The maximum atomic E-state index is 10.9. The van der Waals surface area contributed by atoms with Crippen LogP contribution in [-0.4, -0.2) is 38.3 Å². The van der Waals surface area contributed by atoms with E-state index in [1.807, 2.05) is 13.8 Å². The summed E-state index contributed by atoms with van der Waals surface area (Å²) in [5.74, 6) is -0.984. The van der Waals surface area contributed by atoms with Crippen LogP contribution in [-0.2, 0) is 4.79 Å². The minimum absolute atomic E-state index is 0.120. The zero-order valence-electron chi connectivity index (χ0n) is 9.85. The molecular weight excluding hydrogens is 226 g/mol. The van der Waals surface area contributed by atoms with Gasteiger partial charge in [0.15, 0.2) is 0 Å². The van der Waals surface area contributed by atoms with E-state index in [4.69, 9.17) is 10.8 Å². The predicted octanol–water partition coefficient (Wildman–Crippen LogP) is 1.21. The van der Waals surface area contributed by atoms with E-state index in [1.54, 1.807) is 0 Å². The van der Waals surface area contributed by atoms with E-state index in [1.165, 1.54) is 11.8 Å². The third kappa shape index (κ3) is 3.37. The number of aliphatic hydroxyl groups is 1. The summed E-state index contributed by atoms with van der Waals surface area (Å²) in [7, 11) is 0. The smallest absolute Gasteiger partial charge is 0.321 e. The molecule has 2 unspecified atom stereocenters. The van der Waals surface area contributed by atoms with E-state index in [-0.39, 0.29) is 11.4 Å². The molecule has 0 aromatic heterocycles. The molecular formula is C11H21NO3S. The molecule has 0 bridgehead atoms. The quantitative estimate of drug-likeness (QED) is 0.695. The molecule has 3 atom stereocenters. The molecule has 1 fully saturated rings. The lowest BCUT2D eigenvalue weighted by atomic mass is 9.97. The first-order chi connectivity index (χ1) is 7.34. The number of carboxylic acid groups (broad SMARTS) is 1. The summed E-state index contributed by atoms with van der Waals surface area (Å²) in [6.45, 7) is 3.66. The van der Waals surface area contributed by atoms with Gasteiger partial charge < -0.3 is 15.9 Å². The number of carboxylic acids is 1. The molecule has 0 radical (unpaired) electrons. The van der Waals surface area contributed by atoms with E-state index < -0.39 is 16.8 Å². The molecule has 5 heteroatoms. The van der Waals surface area contributed by atoms with Crippen molar-refractivity contribution >= 4 is 17.7 Å². The SMILES string of the molecule is CC(C)(SC1CCCCC1O)[C@H](N)C(=O)O. The second-order valence-electron chi connectivity index (χ2n) is 4.93. The van der Waals surface area contributed by atoms with Crippen LogP contribution in [0.25, 0.3) is 0 Å². The molecule has 0 heterocycles. The number of thioether (sulfide) groups is 1. The standard InChI is InChI=1S/C11H21NO3S/c1-11(2,9(12)10(14)15)16-8-6-4-3-5-7(8)13/h7-9,13H,3-6,12H2,1-2H3,(H,14,15)/t7?,8?,9-/m1/s1. The van der Waals surface area contributed by atoms with Crippen molar-refractivity contribution in [1.29, 1.82) is 0 Å². The van der Waals surface area contributed by atoms with Crippen LogP contribution >= 0.6 is 11.8 Å². The Morgan fingerprint density at radius 1 is 1.44 bits per heavy atom. The highest BCUT2D eigenvalue weighted by molar-refractivity contribution is 8.01. The maximum Gasteiger partial charge on any atom is 0.321 e. The first kappa shape index (κ1) is 13.8. The molecule has 4 N–H and O–H groups in total. The van der Waals surface area contributed by atoms with Gasteiger partial charge in [-0.15, -0.1) is 11.8 Å². The van der Waals surface area contributed by atoms with Gasteiger partial charge in [0, 0.05) is 10.00 Å². The molecule has 0 aromatic carbocycles.